The Morgan fingerprint density at radius 1 is 0.828 bits per heavy atom. The molecule has 4 saturated carbocycles. The number of nitrogens with one attached hydrogen (secondary N) is 3. The average Bonchev–Trinajstić information content (AvgIpc) is 3.28. The molecule has 9 rings (SSSR count). The smallest absolute Gasteiger partial charge is 0.257 e. The molecule has 5 aliphatic rings. The predicted molar refractivity (Wildman–Crippen MR) is 258 cm³/mol. The van der Waals surface area contributed by atoms with Gasteiger partial charge in [0.2, 0.25) is 17.8 Å². The molecule has 2 aromatic heterocycles. The van der Waals surface area contributed by atoms with Crippen molar-refractivity contribution in [2.45, 2.75) is 116 Å². The fourth-order valence-corrected chi connectivity index (χ4v) is 11.8. The molecule has 0 atom stereocenters. The van der Waals surface area contributed by atoms with Gasteiger partial charge in [0, 0.05) is 74.2 Å². The van der Waals surface area contributed by atoms with Crippen molar-refractivity contribution in [1.82, 2.24) is 24.8 Å². The van der Waals surface area contributed by atoms with Crippen LogP contribution in [0.2, 0.25) is 0 Å². The summed E-state index contributed by atoms with van der Waals surface area (Å²) < 4.78 is 7.39. The fraction of sp³-hybridized carbons (Fsp3) is 0.558. The van der Waals surface area contributed by atoms with Crippen molar-refractivity contribution in [3.63, 3.8) is 0 Å². The van der Waals surface area contributed by atoms with E-state index in [2.05, 4.69) is 49.4 Å². The summed E-state index contributed by atoms with van der Waals surface area (Å²) in [5, 5.41) is 10.1. The third-order valence-electron chi connectivity index (χ3n) is 14.6. The molecule has 342 valence electrons. The van der Waals surface area contributed by atoms with Crippen LogP contribution in [0.1, 0.15) is 115 Å². The van der Waals surface area contributed by atoms with Gasteiger partial charge in [-0.1, -0.05) is 57.9 Å². The zero-order chi connectivity index (χ0) is 44.5. The number of pyridine rings is 1. The van der Waals surface area contributed by atoms with E-state index >= 15 is 0 Å². The van der Waals surface area contributed by atoms with Crippen LogP contribution < -0.4 is 31.1 Å². The summed E-state index contributed by atoms with van der Waals surface area (Å²) >= 11 is 0. The van der Waals surface area contributed by atoms with Crippen molar-refractivity contribution in [2.75, 3.05) is 61.9 Å². The van der Waals surface area contributed by atoms with E-state index in [9.17, 15) is 14.4 Å². The van der Waals surface area contributed by atoms with Crippen molar-refractivity contribution in [3.8, 4) is 11.4 Å². The number of aromatic nitrogens is 3. The van der Waals surface area contributed by atoms with E-state index in [1.165, 1.54) is 102 Å². The quantitative estimate of drug-likeness (QED) is 0.0522. The third kappa shape index (κ3) is 11.3. The third-order valence-corrected chi connectivity index (χ3v) is 14.6. The number of anilines is 4. The van der Waals surface area contributed by atoms with Gasteiger partial charge < -0.3 is 25.6 Å². The highest BCUT2D eigenvalue weighted by Crippen LogP contribution is 2.61. The molecule has 2 amide bonds. The minimum absolute atomic E-state index is 0.219. The number of hydrogen-bond acceptors (Lipinski definition) is 9. The Morgan fingerprint density at radius 3 is 2.09 bits per heavy atom. The van der Waals surface area contributed by atoms with Gasteiger partial charge in [-0.2, -0.15) is 4.98 Å². The SMILES string of the molecule is C=CC(=O)Nc1ccc(-n2c(=O)cc(C)c3cnc(Nc4ccc(N5CCN(CCCCCCCCCCCCNC(=O)CC67CC8CC(CC(C8)C6)C7)CC5)cc4OC)nc32)cc1. The number of ether oxygens (including phenoxy) is 1. The van der Waals surface area contributed by atoms with Gasteiger partial charge in [-0.15, -0.1) is 0 Å². The van der Waals surface area contributed by atoms with Crippen molar-refractivity contribution in [1.29, 1.82) is 0 Å². The lowest BCUT2D eigenvalue weighted by molar-refractivity contribution is -0.129. The Morgan fingerprint density at radius 2 is 1.45 bits per heavy atom. The summed E-state index contributed by atoms with van der Waals surface area (Å²) in [5.41, 5.74) is 4.44. The number of aryl methyl sites for hydroxylation is 1. The van der Waals surface area contributed by atoms with E-state index in [0.29, 0.717) is 40.0 Å². The minimum atomic E-state index is -0.309. The number of carbonyl (C=O) groups is 2. The van der Waals surface area contributed by atoms with Crippen LogP contribution in [-0.2, 0) is 9.59 Å². The topological polar surface area (TPSA) is 134 Å². The number of hydrogen-bond donors (Lipinski definition) is 3. The number of benzene rings is 2. The second kappa shape index (κ2) is 21.2. The average molecular weight is 871 g/mol. The van der Waals surface area contributed by atoms with Crippen molar-refractivity contribution < 1.29 is 14.3 Å². The number of fused-ring (bicyclic) bond motifs is 1. The number of rotatable bonds is 22. The lowest BCUT2D eigenvalue weighted by Gasteiger charge is -2.56. The molecule has 2 aromatic carbocycles. The molecule has 64 heavy (non-hydrogen) atoms. The monoisotopic (exact) mass is 871 g/mol. The highest BCUT2D eigenvalue weighted by atomic mass is 16.5. The normalized spacial score (nSPS) is 21.5. The first-order chi connectivity index (χ1) is 31.2. The molecule has 1 aliphatic heterocycles. The summed E-state index contributed by atoms with van der Waals surface area (Å²) in [5.74, 6) is 3.79. The number of methoxy groups -OCH3 is 1. The van der Waals surface area contributed by atoms with Crippen LogP contribution in [0, 0.1) is 30.1 Å². The molecule has 0 radical (unpaired) electrons. The van der Waals surface area contributed by atoms with Gasteiger partial charge >= 0.3 is 0 Å². The number of carbonyl (C=O) groups excluding carboxylic acids is 2. The molecule has 3 N–H and O–H groups in total. The molecule has 12 nitrogen and oxygen atoms in total. The molecule has 4 aliphatic carbocycles. The molecule has 4 aromatic rings. The second-order valence-electron chi connectivity index (χ2n) is 19.5. The maximum Gasteiger partial charge on any atom is 0.257 e. The number of nitrogens with zero attached hydrogens (tertiary/aromatic N) is 5. The van der Waals surface area contributed by atoms with Crippen LogP contribution in [0.3, 0.4) is 0 Å². The van der Waals surface area contributed by atoms with Crippen molar-refractivity contribution >= 4 is 45.9 Å². The van der Waals surface area contributed by atoms with E-state index in [1.807, 2.05) is 13.0 Å². The minimum Gasteiger partial charge on any atom is -0.494 e. The summed E-state index contributed by atoms with van der Waals surface area (Å²) in [6, 6.07) is 14.8. The molecule has 5 fully saturated rings. The molecule has 3 heterocycles. The molecular weight excluding hydrogens is 801 g/mol. The van der Waals surface area contributed by atoms with Gasteiger partial charge in [0.15, 0.2) is 5.65 Å². The van der Waals surface area contributed by atoms with Gasteiger partial charge in [-0.25, -0.2) is 4.98 Å². The Kier molecular flexibility index (Phi) is 15.0. The van der Waals surface area contributed by atoms with Gasteiger partial charge in [0.05, 0.1) is 18.5 Å². The molecular formula is C52H70N8O4. The van der Waals surface area contributed by atoms with E-state index < -0.39 is 0 Å². The summed E-state index contributed by atoms with van der Waals surface area (Å²) in [6.45, 7) is 11.4. The zero-order valence-electron chi connectivity index (χ0n) is 38.3. The number of unbranched alkanes of at least 4 members (excludes halogenated alkanes) is 9. The Hall–Kier alpha value is -5.23. The predicted octanol–water partition coefficient (Wildman–Crippen LogP) is 9.71. The van der Waals surface area contributed by atoms with E-state index in [1.54, 1.807) is 48.2 Å². The van der Waals surface area contributed by atoms with Gasteiger partial charge in [0.25, 0.3) is 5.56 Å². The summed E-state index contributed by atoms with van der Waals surface area (Å²) in [6.07, 6.45) is 24.9. The molecule has 4 bridgehead atoms. The Bertz CT molecular complexity index is 2260. The lowest BCUT2D eigenvalue weighted by Crippen LogP contribution is -2.48. The van der Waals surface area contributed by atoms with E-state index in [-0.39, 0.29) is 11.5 Å². The maximum atomic E-state index is 13.3. The van der Waals surface area contributed by atoms with Crippen LogP contribution in [0.5, 0.6) is 5.75 Å². The highest BCUT2D eigenvalue weighted by Gasteiger charge is 2.51. The van der Waals surface area contributed by atoms with Crippen molar-refractivity contribution in [2.24, 2.45) is 23.2 Å². The maximum absolute atomic E-state index is 13.3. The molecule has 0 spiro atoms. The Labute approximate surface area is 379 Å². The van der Waals surface area contributed by atoms with Crippen LogP contribution >= 0.6 is 0 Å². The second-order valence-corrected chi connectivity index (χ2v) is 19.5. The molecule has 0 unspecified atom stereocenters. The van der Waals surface area contributed by atoms with Gasteiger partial charge in [0.1, 0.15) is 5.75 Å². The first-order valence-electron chi connectivity index (χ1n) is 24.3. The van der Waals surface area contributed by atoms with Crippen LogP contribution in [0.15, 0.2) is 72.2 Å². The fourth-order valence-electron chi connectivity index (χ4n) is 11.8. The summed E-state index contributed by atoms with van der Waals surface area (Å²) in [7, 11) is 1.67. The largest absolute Gasteiger partial charge is 0.494 e. The first-order valence-corrected chi connectivity index (χ1v) is 24.3. The highest BCUT2D eigenvalue weighted by molar-refractivity contribution is 5.98. The van der Waals surface area contributed by atoms with Crippen molar-refractivity contribution in [3.05, 3.63) is 83.3 Å². The molecule has 1 saturated heterocycles. The van der Waals surface area contributed by atoms with E-state index in [0.717, 1.165) is 92.2 Å². The van der Waals surface area contributed by atoms with Crippen LogP contribution in [0.25, 0.3) is 16.7 Å². The standard InChI is InChI=1S/C52H70N8O4/c1-4-47(61)55-41-15-17-42(18-16-41)60-49(63)27-37(2)44-36-54-51(57-50(44)60)56-45-20-19-43(31-46(45)64-3)59-25-23-58(24-26-59)22-14-12-10-8-6-5-7-9-11-13-21-53-48(62)35-52-32-38-28-39(33-52)30-40(29-38)34-52/h4,15-20,27,31,36,38-40H,1,5-14,21-26,28-30,32-35H2,2-3H3,(H,53,62)(H,55,61)(H,54,56,57). The van der Waals surface area contributed by atoms with Crippen LogP contribution in [0.4, 0.5) is 23.0 Å². The molecule has 12 heteroatoms. The lowest BCUT2D eigenvalue weighted by atomic mass is 9.49. The van der Waals surface area contributed by atoms with Gasteiger partial charge in [-0.05, 0) is 136 Å². The van der Waals surface area contributed by atoms with E-state index in [4.69, 9.17) is 9.72 Å². The summed E-state index contributed by atoms with van der Waals surface area (Å²) in [4.78, 5) is 52.3. The van der Waals surface area contributed by atoms with Crippen LogP contribution in [-0.4, -0.2) is 77.6 Å². The first kappa shape index (κ1) is 45.3. The van der Waals surface area contributed by atoms with Gasteiger partial charge in [-0.3, -0.25) is 23.9 Å². The number of amides is 2. The Balaban J connectivity index is 0.706. The number of piperazine rings is 1. The zero-order valence-corrected chi connectivity index (χ0v) is 38.3.